The maximum Gasteiger partial charge on any atom is 0.348 e. The molecule has 0 aliphatic rings. The molecule has 152 valence electrons. The second-order valence-corrected chi connectivity index (χ2v) is 7.36. The molecule has 0 saturated heterocycles. The van der Waals surface area contributed by atoms with E-state index in [4.69, 9.17) is 4.74 Å². The summed E-state index contributed by atoms with van der Waals surface area (Å²) in [5.41, 5.74) is 1.11. The number of nitriles is 2. The van der Waals surface area contributed by atoms with Crippen LogP contribution in [0.2, 0.25) is 0 Å². The normalized spacial score (nSPS) is 10.8. The minimum absolute atomic E-state index is 0.117. The van der Waals surface area contributed by atoms with Crippen LogP contribution in [0, 0.1) is 46.6 Å². The number of esters is 1. The molecule has 0 N–H and O–H groups in total. The van der Waals surface area contributed by atoms with E-state index < -0.39 is 16.7 Å². The highest BCUT2D eigenvalue weighted by molar-refractivity contribution is 7.14. The van der Waals surface area contributed by atoms with Gasteiger partial charge >= 0.3 is 5.97 Å². The van der Waals surface area contributed by atoms with E-state index in [-0.39, 0.29) is 34.7 Å². The third kappa shape index (κ3) is 4.77. The highest BCUT2D eigenvalue weighted by Crippen LogP contribution is 2.30. The van der Waals surface area contributed by atoms with E-state index in [0.717, 1.165) is 11.3 Å². The highest BCUT2D eigenvalue weighted by atomic mass is 32.1. The number of hydrogen-bond acceptors (Lipinski definition) is 8. The Bertz CT molecular complexity index is 1150. The number of nitro benzene ring substituents is 1. The first-order valence-electron chi connectivity index (χ1n) is 8.82. The van der Waals surface area contributed by atoms with Gasteiger partial charge in [0.2, 0.25) is 0 Å². The number of carbonyl (C=O) groups is 2. The van der Waals surface area contributed by atoms with Gasteiger partial charge in [0.15, 0.2) is 5.78 Å². The van der Waals surface area contributed by atoms with Crippen LogP contribution in [0.15, 0.2) is 23.8 Å². The fourth-order valence-electron chi connectivity index (χ4n) is 2.73. The molecule has 0 aliphatic heterocycles. The molecule has 8 nitrogen and oxygen atoms in total. The van der Waals surface area contributed by atoms with Gasteiger partial charge in [0.25, 0.3) is 5.69 Å². The number of thiophene rings is 1. The molecule has 0 unspecified atom stereocenters. The molecule has 0 atom stereocenters. The number of nitrogens with zero attached hydrogens (tertiary/aromatic N) is 3. The lowest BCUT2D eigenvalue weighted by Gasteiger charge is -2.01. The van der Waals surface area contributed by atoms with E-state index in [2.05, 4.69) is 0 Å². The fraction of sp³-hybridized carbons (Fsp3) is 0.238. The van der Waals surface area contributed by atoms with Gasteiger partial charge in [0, 0.05) is 22.9 Å². The summed E-state index contributed by atoms with van der Waals surface area (Å²) in [6.45, 7) is 5.03. The van der Waals surface area contributed by atoms with E-state index in [0.29, 0.717) is 21.6 Å². The van der Waals surface area contributed by atoms with Crippen LogP contribution >= 0.6 is 11.3 Å². The molecular weight excluding hydrogens is 406 g/mol. The molecule has 0 spiro atoms. The van der Waals surface area contributed by atoms with Gasteiger partial charge in [0.1, 0.15) is 17.0 Å². The van der Waals surface area contributed by atoms with Crippen molar-refractivity contribution in [2.75, 3.05) is 6.61 Å². The van der Waals surface area contributed by atoms with Gasteiger partial charge in [-0.25, -0.2) is 4.79 Å². The Hall–Kier alpha value is -3.82. The zero-order chi connectivity index (χ0) is 22.4. The maximum atomic E-state index is 12.7. The lowest BCUT2D eigenvalue weighted by Crippen LogP contribution is -2.05. The number of rotatable bonds is 7. The number of nitro groups is 1. The molecule has 0 radical (unpaired) electrons. The molecule has 0 fully saturated rings. The van der Waals surface area contributed by atoms with Crippen molar-refractivity contribution in [2.24, 2.45) is 0 Å². The van der Waals surface area contributed by atoms with E-state index >= 15 is 0 Å². The van der Waals surface area contributed by atoms with Gasteiger partial charge in [-0.05, 0) is 38.0 Å². The van der Waals surface area contributed by atoms with Gasteiger partial charge in [-0.15, -0.1) is 11.3 Å². The number of ketones is 1. The van der Waals surface area contributed by atoms with Crippen molar-refractivity contribution in [3.05, 3.63) is 65.9 Å². The summed E-state index contributed by atoms with van der Waals surface area (Å²) >= 11 is 0.986. The average Bonchev–Trinajstić information content (AvgIpc) is 3.02. The first kappa shape index (κ1) is 22.5. The molecular formula is C21H17N3O5S. The molecule has 2 aromatic rings. The average molecular weight is 423 g/mol. The lowest BCUT2D eigenvalue weighted by molar-refractivity contribution is -0.385. The predicted molar refractivity (Wildman–Crippen MR) is 110 cm³/mol. The van der Waals surface area contributed by atoms with Gasteiger partial charge in [-0.3, -0.25) is 14.9 Å². The SMILES string of the molecule is CCOC(=O)c1sc(CC(=O)/C(C#N)=C\c2ccc(C)c([N+](=O)[O-])c2)c(C#N)c1C. The predicted octanol–water partition coefficient (Wildman–Crippen LogP) is 4.04. The van der Waals surface area contributed by atoms with Crippen LogP contribution in [0.25, 0.3) is 6.08 Å². The molecule has 2 rings (SSSR count). The third-order valence-corrected chi connectivity index (χ3v) is 5.55. The second kappa shape index (κ2) is 9.59. The summed E-state index contributed by atoms with van der Waals surface area (Å²) in [7, 11) is 0. The Morgan fingerprint density at radius 3 is 2.57 bits per heavy atom. The van der Waals surface area contributed by atoms with Crippen LogP contribution in [0.1, 0.15) is 43.7 Å². The van der Waals surface area contributed by atoms with E-state index in [1.165, 1.54) is 18.2 Å². The van der Waals surface area contributed by atoms with Crippen LogP contribution < -0.4 is 0 Å². The molecule has 0 bridgehead atoms. The van der Waals surface area contributed by atoms with E-state index in [1.54, 1.807) is 26.8 Å². The van der Waals surface area contributed by atoms with Gasteiger partial charge < -0.3 is 4.74 Å². The summed E-state index contributed by atoms with van der Waals surface area (Å²) in [5, 5.41) is 29.9. The number of ether oxygens (including phenoxy) is 1. The summed E-state index contributed by atoms with van der Waals surface area (Å²) < 4.78 is 4.97. The molecule has 0 saturated carbocycles. The Morgan fingerprint density at radius 1 is 1.30 bits per heavy atom. The van der Waals surface area contributed by atoms with Crippen molar-refractivity contribution < 1.29 is 19.2 Å². The summed E-state index contributed by atoms with van der Waals surface area (Å²) in [6.07, 6.45) is 1.02. The van der Waals surface area contributed by atoms with Gasteiger partial charge in [-0.2, -0.15) is 10.5 Å². The number of benzene rings is 1. The number of carbonyl (C=O) groups excluding carboxylic acids is 2. The minimum Gasteiger partial charge on any atom is -0.462 e. The van der Waals surface area contributed by atoms with Crippen molar-refractivity contribution in [3.63, 3.8) is 0 Å². The van der Waals surface area contributed by atoms with E-state index in [1.807, 2.05) is 12.1 Å². The maximum absolute atomic E-state index is 12.7. The van der Waals surface area contributed by atoms with E-state index in [9.17, 15) is 30.2 Å². The Kier molecular flexibility index (Phi) is 7.18. The molecule has 30 heavy (non-hydrogen) atoms. The van der Waals surface area contributed by atoms with Crippen molar-refractivity contribution in [3.8, 4) is 12.1 Å². The van der Waals surface area contributed by atoms with Crippen LogP contribution in [0.4, 0.5) is 5.69 Å². The van der Waals surface area contributed by atoms with Crippen LogP contribution in [0.5, 0.6) is 0 Å². The van der Waals surface area contributed by atoms with Crippen molar-refractivity contribution in [2.45, 2.75) is 27.2 Å². The van der Waals surface area contributed by atoms with Crippen LogP contribution in [-0.2, 0) is 16.0 Å². The Morgan fingerprint density at radius 2 is 2.00 bits per heavy atom. The summed E-state index contributed by atoms with van der Waals surface area (Å²) in [4.78, 5) is 35.9. The quantitative estimate of drug-likeness (QED) is 0.216. The zero-order valence-corrected chi connectivity index (χ0v) is 17.3. The Balaban J connectivity index is 2.38. The zero-order valence-electron chi connectivity index (χ0n) is 16.5. The topological polar surface area (TPSA) is 134 Å². The summed E-state index contributed by atoms with van der Waals surface area (Å²) in [5.74, 6) is -1.13. The largest absolute Gasteiger partial charge is 0.462 e. The fourth-order valence-corrected chi connectivity index (χ4v) is 3.88. The number of hydrogen-bond donors (Lipinski definition) is 0. The highest BCUT2D eigenvalue weighted by Gasteiger charge is 2.23. The standard InChI is InChI=1S/C21H17N3O5S/c1-4-29-21(26)20-13(3)16(11-23)19(30-20)9-18(25)15(10-22)7-14-6-5-12(2)17(8-14)24(27)28/h5-8H,4,9H2,1-3H3/b15-7-. The van der Waals surface area contributed by atoms with Crippen molar-refractivity contribution in [1.29, 1.82) is 10.5 Å². The molecule has 0 aliphatic carbocycles. The first-order chi connectivity index (χ1) is 14.2. The molecule has 1 heterocycles. The van der Waals surface area contributed by atoms with Crippen molar-refractivity contribution >= 4 is 34.9 Å². The van der Waals surface area contributed by atoms with Crippen molar-refractivity contribution in [1.82, 2.24) is 0 Å². The Labute approximate surface area is 176 Å². The molecule has 9 heteroatoms. The molecule has 1 aromatic heterocycles. The van der Waals surface area contributed by atoms with Crippen LogP contribution in [0.3, 0.4) is 0 Å². The molecule has 0 amide bonds. The molecule has 1 aromatic carbocycles. The number of Topliss-reactive ketones (excluding diaryl/α,β-unsaturated/α-hetero) is 1. The smallest absolute Gasteiger partial charge is 0.348 e. The number of aryl methyl sites for hydroxylation is 1. The van der Waals surface area contributed by atoms with Crippen LogP contribution in [-0.4, -0.2) is 23.3 Å². The first-order valence-corrected chi connectivity index (χ1v) is 9.64. The monoisotopic (exact) mass is 423 g/mol. The number of allylic oxidation sites excluding steroid dienone is 1. The minimum atomic E-state index is -0.571. The second-order valence-electron chi connectivity index (χ2n) is 6.26. The summed E-state index contributed by atoms with van der Waals surface area (Å²) in [6, 6.07) is 8.19. The third-order valence-electron chi connectivity index (χ3n) is 4.28. The van der Waals surface area contributed by atoms with Gasteiger partial charge in [-0.1, -0.05) is 12.1 Å². The van der Waals surface area contributed by atoms with Gasteiger partial charge in [0.05, 0.1) is 22.7 Å². The lowest BCUT2D eigenvalue weighted by atomic mass is 10.0.